The van der Waals surface area contributed by atoms with Crippen LogP contribution in [0.25, 0.3) is 0 Å². The summed E-state index contributed by atoms with van der Waals surface area (Å²) in [5.74, 6) is -0.151. The Kier molecular flexibility index (Phi) is 5.05. The van der Waals surface area contributed by atoms with Crippen molar-refractivity contribution in [3.8, 4) is 0 Å². The number of nitrogens with zero attached hydrogens (tertiary/aromatic N) is 1. The van der Waals surface area contributed by atoms with E-state index in [0.717, 1.165) is 32.2 Å². The Bertz CT molecular complexity index is 446. The van der Waals surface area contributed by atoms with Crippen LogP contribution in [0.4, 0.5) is 4.39 Å². The van der Waals surface area contributed by atoms with Crippen molar-refractivity contribution < 1.29 is 9.50 Å². The van der Waals surface area contributed by atoms with E-state index in [1.165, 1.54) is 6.07 Å². The van der Waals surface area contributed by atoms with Crippen molar-refractivity contribution in [3.63, 3.8) is 0 Å². The molecule has 0 radical (unpaired) electrons. The first-order valence-corrected chi connectivity index (χ1v) is 7.60. The highest BCUT2D eigenvalue weighted by molar-refractivity contribution is 6.31. The van der Waals surface area contributed by atoms with Gasteiger partial charge in [-0.15, -0.1) is 0 Å². The summed E-state index contributed by atoms with van der Waals surface area (Å²) in [4.78, 5) is 2.09. The SMILES string of the molecule is CN(C)CC1CCCCC1(O)Cc1c(F)cccc1Cl. The molecule has 1 saturated carbocycles. The Balaban J connectivity index is 2.23. The van der Waals surface area contributed by atoms with Gasteiger partial charge in [0.05, 0.1) is 5.60 Å². The molecule has 0 amide bonds. The molecule has 0 spiro atoms. The first-order valence-electron chi connectivity index (χ1n) is 7.22. The lowest BCUT2D eigenvalue weighted by molar-refractivity contribution is -0.0557. The highest BCUT2D eigenvalue weighted by Crippen LogP contribution is 2.38. The average Bonchev–Trinajstić information content (AvgIpc) is 2.37. The summed E-state index contributed by atoms with van der Waals surface area (Å²) in [6.07, 6.45) is 4.13. The van der Waals surface area contributed by atoms with Gasteiger partial charge < -0.3 is 10.0 Å². The minimum absolute atomic E-state index is 0.168. The van der Waals surface area contributed by atoms with Crippen LogP contribution in [-0.4, -0.2) is 36.2 Å². The summed E-state index contributed by atoms with van der Waals surface area (Å²) in [5, 5.41) is 11.4. The van der Waals surface area contributed by atoms with Gasteiger partial charge in [-0.05, 0) is 39.1 Å². The Hall–Kier alpha value is -0.640. The summed E-state index contributed by atoms with van der Waals surface area (Å²) >= 11 is 6.10. The molecule has 2 nitrogen and oxygen atoms in total. The molecule has 1 fully saturated rings. The van der Waals surface area contributed by atoms with Gasteiger partial charge in [0.15, 0.2) is 0 Å². The Morgan fingerprint density at radius 1 is 1.40 bits per heavy atom. The van der Waals surface area contributed by atoms with Crippen LogP contribution in [-0.2, 0) is 6.42 Å². The van der Waals surface area contributed by atoms with Crippen LogP contribution < -0.4 is 0 Å². The number of benzene rings is 1. The maximum absolute atomic E-state index is 14.0. The second-order valence-corrected chi connectivity index (χ2v) is 6.59. The second kappa shape index (κ2) is 6.42. The highest BCUT2D eigenvalue weighted by Gasteiger charge is 2.39. The quantitative estimate of drug-likeness (QED) is 0.920. The lowest BCUT2D eigenvalue weighted by Gasteiger charge is -2.41. The van der Waals surface area contributed by atoms with Gasteiger partial charge in [-0.2, -0.15) is 0 Å². The van der Waals surface area contributed by atoms with Gasteiger partial charge in [0.2, 0.25) is 0 Å². The van der Waals surface area contributed by atoms with E-state index in [2.05, 4.69) is 4.90 Å². The lowest BCUT2D eigenvalue weighted by Crippen LogP contribution is -2.47. The molecule has 1 aromatic carbocycles. The van der Waals surface area contributed by atoms with E-state index in [1.807, 2.05) is 14.1 Å². The van der Waals surface area contributed by atoms with Gasteiger partial charge in [0, 0.05) is 29.5 Å². The van der Waals surface area contributed by atoms with E-state index in [0.29, 0.717) is 17.0 Å². The molecule has 1 aromatic rings. The van der Waals surface area contributed by atoms with Crippen LogP contribution in [0.1, 0.15) is 31.2 Å². The van der Waals surface area contributed by atoms with Gasteiger partial charge in [-0.3, -0.25) is 0 Å². The van der Waals surface area contributed by atoms with E-state index in [-0.39, 0.29) is 11.7 Å². The number of aliphatic hydroxyl groups is 1. The predicted octanol–water partition coefficient (Wildman–Crippen LogP) is 3.50. The first-order chi connectivity index (χ1) is 9.42. The van der Waals surface area contributed by atoms with Crippen LogP contribution in [0.3, 0.4) is 0 Å². The standard InChI is InChI=1S/C16H23ClFNO/c1-19(2)11-12-6-3-4-9-16(12,20)10-13-14(17)7-5-8-15(13)18/h5,7-8,12,20H,3-4,6,9-11H2,1-2H3. The molecule has 0 aromatic heterocycles. The van der Waals surface area contributed by atoms with E-state index < -0.39 is 5.60 Å². The lowest BCUT2D eigenvalue weighted by atomic mass is 9.72. The van der Waals surface area contributed by atoms with Gasteiger partial charge in [-0.25, -0.2) is 4.39 Å². The summed E-state index contributed by atoms with van der Waals surface area (Å²) in [6.45, 7) is 0.822. The molecular formula is C16H23ClFNO. The summed E-state index contributed by atoms with van der Waals surface area (Å²) < 4.78 is 14.0. The topological polar surface area (TPSA) is 23.5 Å². The maximum Gasteiger partial charge on any atom is 0.127 e. The molecule has 20 heavy (non-hydrogen) atoms. The molecule has 0 saturated heterocycles. The van der Waals surface area contributed by atoms with Gasteiger partial charge >= 0.3 is 0 Å². The van der Waals surface area contributed by atoms with Gasteiger partial charge in [0.25, 0.3) is 0 Å². The molecule has 0 aliphatic heterocycles. The fourth-order valence-electron chi connectivity index (χ4n) is 3.24. The molecule has 4 heteroatoms. The van der Waals surface area contributed by atoms with E-state index in [9.17, 15) is 9.50 Å². The van der Waals surface area contributed by atoms with Crippen molar-refractivity contribution in [3.05, 3.63) is 34.6 Å². The predicted molar refractivity (Wildman–Crippen MR) is 80.6 cm³/mol. The van der Waals surface area contributed by atoms with Crippen molar-refractivity contribution in [1.82, 2.24) is 4.90 Å². The zero-order valence-corrected chi connectivity index (χ0v) is 13.0. The number of rotatable bonds is 4. The second-order valence-electron chi connectivity index (χ2n) is 6.19. The van der Waals surface area contributed by atoms with Gasteiger partial charge in [0.1, 0.15) is 5.82 Å². The third-order valence-corrected chi connectivity index (χ3v) is 4.66. The highest BCUT2D eigenvalue weighted by atomic mass is 35.5. The molecule has 1 N–H and O–H groups in total. The monoisotopic (exact) mass is 299 g/mol. The van der Waals surface area contributed by atoms with Crippen molar-refractivity contribution in [2.45, 2.75) is 37.7 Å². The van der Waals surface area contributed by atoms with Crippen LogP contribution in [0, 0.1) is 11.7 Å². The molecule has 1 aliphatic rings. The molecule has 2 rings (SSSR count). The average molecular weight is 300 g/mol. The maximum atomic E-state index is 14.0. The van der Waals surface area contributed by atoms with E-state index in [4.69, 9.17) is 11.6 Å². The van der Waals surface area contributed by atoms with Crippen molar-refractivity contribution in [2.24, 2.45) is 5.92 Å². The molecule has 112 valence electrons. The first kappa shape index (κ1) is 15.7. The van der Waals surface area contributed by atoms with Crippen LogP contribution in [0.2, 0.25) is 5.02 Å². The minimum atomic E-state index is -0.853. The van der Waals surface area contributed by atoms with Crippen LogP contribution in [0.15, 0.2) is 18.2 Å². The Morgan fingerprint density at radius 3 is 2.80 bits per heavy atom. The summed E-state index contributed by atoms with van der Waals surface area (Å²) in [7, 11) is 4.01. The Morgan fingerprint density at radius 2 is 2.15 bits per heavy atom. The zero-order valence-electron chi connectivity index (χ0n) is 12.2. The van der Waals surface area contributed by atoms with Crippen LogP contribution >= 0.6 is 11.6 Å². The molecule has 0 bridgehead atoms. The van der Waals surface area contributed by atoms with E-state index in [1.54, 1.807) is 12.1 Å². The number of hydrogen-bond acceptors (Lipinski definition) is 2. The number of halogens is 2. The van der Waals surface area contributed by atoms with Gasteiger partial charge in [-0.1, -0.05) is 30.5 Å². The fraction of sp³-hybridized carbons (Fsp3) is 0.625. The molecule has 2 unspecified atom stereocenters. The van der Waals surface area contributed by atoms with Crippen molar-refractivity contribution in [2.75, 3.05) is 20.6 Å². The normalized spacial score (nSPS) is 27.0. The fourth-order valence-corrected chi connectivity index (χ4v) is 3.47. The smallest absolute Gasteiger partial charge is 0.127 e. The van der Waals surface area contributed by atoms with Crippen molar-refractivity contribution in [1.29, 1.82) is 0 Å². The summed E-state index contributed by atoms with van der Waals surface area (Å²) in [6, 6.07) is 4.70. The largest absolute Gasteiger partial charge is 0.389 e. The molecule has 2 atom stereocenters. The third kappa shape index (κ3) is 3.51. The zero-order chi connectivity index (χ0) is 14.8. The number of hydrogen-bond donors (Lipinski definition) is 1. The third-order valence-electron chi connectivity index (χ3n) is 4.30. The van der Waals surface area contributed by atoms with Crippen molar-refractivity contribution >= 4 is 11.6 Å². The van der Waals surface area contributed by atoms with Crippen LogP contribution in [0.5, 0.6) is 0 Å². The Labute approximate surface area is 125 Å². The van der Waals surface area contributed by atoms with E-state index >= 15 is 0 Å². The molecule has 0 heterocycles. The molecular weight excluding hydrogens is 277 g/mol. The molecule has 1 aliphatic carbocycles. The summed E-state index contributed by atoms with van der Waals surface area (Å²) in [5.41, 5.74) is -0.406. The minimum Gasteiger partial charge on any atom is -0.389 e.